The molecule has 0 amide bonds. The van der Waals surface area contributed by atoms with Crippen LogP contribution in [-0.2, 0) is 19.1 Å². The topological polar surface area (TPSA) is 165 Å². The second-order valence-corrected chi connectivity index (χ2v) is 20.4. The summed E-state index contributed by atoms with van der Waals surface area (Å²) in [5, 5.41) is 30.1. The van der Waals surface area contributed by atoms with Crippen LogP contribution in [0.25, 0.3) is 0 Å². The van der Waals surface area contributed by atoms with Crippen molar-refractivity contribution < 1.29 is 24.2 Å². The molecule has 5 heterocycles. The minimum atomic E-state index is -0.692. The molecule has 0 radical (unpaired) electrons. The molecule has 298 valence electrons. The number of methoxy groups -OCH3 is 1. The van der Waals surface area contributed by atoms with Gasteiger partial charge in [0.2, 0.25) is 0 Å². The van der Waals surface area contributed by atoms with Gasteiger partial charge >= 0.3 is 11.9 Å². The average Bonchev–Trinajstić information content (AvgIpc) is 3.81. The Morgan fingerprint density at radius 2 is 1.09 bits per heavy atom. The molecule has 10 aliphatic rings. The van der Waals surface area contributed by atoms with Crippen molar-refractivity contribution in [3.63, 3.8) is 0 Å². The molecule has 0 aromatic heterocycles. The largest absolute Gasteiger partial charge is 0.480 e. The van der Waals surface area contributed by atoms with E-state index < -0.39 is 5.97 Å². The summed E-state index contributed by atoms with van der Waals surface area (Å²) in [6.45, 7) is 29.2. The van der Waals surface area contributed by atoms with Crippen LogP contribution in [0.4, 0.5) is 0 Å². The first kappa shape index (κ1) is 41.8. The predicted molar refractivity (Wildman–Crippen MR) is 207 cm³/mol. The summed E-state index contributed by atoms with van der Waals surface area (Å²) >= 11 is 0. The number of nitrogens with one attached hydrogen (secondary N) is 4. The monoisotopic (exact) mass is 739 g/mol. The molecule has 14 atom stereocenters. The van der Waals surface area contributed by atoms with Gasteiger partial charge in [-0.1, -0.05) is 76.7 Å². The maximum atomic E-state index is 11.3. The molecular weight excluding hydrogens is 668 g/mol. The molecule has 53 heavy (non-hydrogen) atoms. The number of piperidine rings is 4. The number of nitriles is 1. The molecule has 0 unspecified atom stereocenters. The summed E-state index contributed by atoms with van der Waals surface area (Å²) < 4.78 is 4.72. The maximum absolute atomic E-state index is 11.3. The minimum Gasteiger partial charge on any atom is -0.480 e. The average molecular weight is 739 g/mol. The summed E-state index contributed by atoms with van der Waals surface area (Å²) in [6.07, 6.45) is 2.13. The lowest BCUT2D eigenvalue weighted by Gasteiger charge is -2.16. The molecule has 0 aromatic rings. The van der Waals surface area contributed by atoms with Gasteiger partial charge in [-0.15, -0.1) is 0 Å². The molecule has 11 heteroatoms. The van der Waals surface area contributed by atoms with Crippen LogP contribution in [0.15, 0.2) is 4.99 Å². The molecule has 5 N–H and O–H groups in total. The summed E-state index contributed by atoms with van der Waals surface area (Å²) in [7, 11) is 1.45. The Morgan fingerprint density at radius 3 is 1.36 bits per heavy atom. The van der Waals surface area contributed by atoms with E-state index in [-0.39, 0.29) is 43.0 Å². The summed E-state index contributed by atoms with van der Waals surface area (Å²) in [5.74, 6) is 6.21. The standard InChI is InChI=1S/C9H15NO2.C9H15NO.C8H12N2.C8H13NO2.C7H11N.CH4/c1-9(2)5-4-10-7(6(5)9)8(11)12-3;1-5(11)8-7-6(4-10-8)9(7,2)3;1-8(2)5-4-10-6(3-9)7(5)8;1-8(2)4-3-9-6(5(4)8)7(10)11;1-7(2)5-3-8-4-6(5)7;/h5-7,10H,4H2,1-3H3;6-8,10H,4H2,1-3H3;5-7,10H,4H2,1-2H3;4-6,9H,3H2,1-2H3,(H,10,11);3,5-6H,4H2,1-2H3;1H4/t5-,6-,7-;6-,7-,8+;5-,6+,7-;4-,5-,6-;5-,6+;/m00001./s1. The van der Waals surface area contributed by atoms with E-state index in [1.54, 1.807) is 6.92 Å². The van der Waals surface area contributed by atoms with Crippen molar-refractivity contribution >= 4 is 23.9 Å². The second-order valence-electron chi connectivity index (χ2n) is 20.4. The molecule has 0 spiro atoms. The fourth-order valence-corrected chi connectivity index (χ4v) is 11.7. The quantitative estimate of drug-likeness (QED) is 0.264. The summed E-state index contributed by atoms with van der Waals surface area (Å²) in [4.78, 5) is 37.2. The van der Waals surface area contributed by atoms with E-state index in [1.165, 1.54) is 7.11 Å². The Hall–Kier alpha value is -2.39. The van der Waals surface area contributed by atoms with Crippen molar-refractivity contribution in [3.8, 4) is 6.07 Å². The second kappa shape index (κ2) is 14.0. The van der Waals surface area contributed by atoms with Gasteiger partial charge in [0, 0.05) is 25.2 Å². The number of fused-ring (bicyclic) bond motifs is 5. The summed E-state index contributed by atoms with van der Waals surface area (Å²) in [6, 6.07) is 2.27. The van der Waals surface area contributed by atoms with Crippen molar-refractivity contribution in [2.45, 2.75) is 108 Å². The Bertz CT molecular complexity index is 1470. The lowest BCUT2D eigenvalue weighted by Crippen LogP contribution is -2.38. The Kier molecular flexibility index (Phi) is 11.0. The Labute approximate surface area is 319 Å². The van der Waals surface area contributed by atoms with Crippen LogP contribution in [0.1, 0.15) is 83.6 Å². The smallest absolute Gasteiger partial charge is 0.323 e. The SMILES string of the molecule is C.CC(=O)[C@H]1NC[C@H]2[C@@H]1C2(C)C.CC1(C)[C@@H]2C=NC[C@@H]21.CC1(C)[C@@H]2[C@@H](C#N)NC[C@@H]21.CC1(C)[C@@H]2[C@@H](C(=O)O)NC[C@@H]21.COC(=O)[C@H]1NC[C@H]2[C@@H]1C2(C)C. The van der Waals surface area contributed by atoms with E-state index in [0.29, 0.717) is 63.0 Å². The molecular formula is C42H70N6O5. The van der Waals surface area contributed by atoms with Gasteiger partial charge in [-0.3, -0.25) is 19.4 Å². The molecule has 11 nitrogen and oxygen atoms in total. The van der Waals surface area contributed by atoms with E-state index in [1.807, 2.05) is 0 Å². The fraction of sp³-hybridized carbons (Fsp3) is 0.881. The van der Waals surface area contributed by atoms with Crippen LogP contribution in [0.5, 0.6) is 0 Å². The highest BCUT2D eigenvalue weighted by atomic mass is 16.5. The number of ketones is 1. The Morgan fingerprint density at radius 1 is 0.679 bits per heavy atom. The number of rotatable bonds is 3. The van der Waals surface area contributed by atoms with Crippen LogP contribution in [-0.4, -0.2) is 93.0 Å². The summed E-state index contributed by atoms with van der Waals surface area (Å²) in [5.41, 5.74) is 2.12. The number of carbonyl (C=O) groups excluding carboxylic acids is 2. The van der Waals surface area contributed by atoms with Crippen LogP contribution in [0.3, 0.4) is 0 Å². The van der Waals surface area contributed by atoms with Crippen LogP contribution in [0.2, 0.25) is 0 Å². The highest BCUT2D eigenvalue weighted by molar-refractivity contribution is 5.83. The van der Waals surface area contributed by atoms with Crippen LogP contribution < -0.4 is 21.3 Å². The van der Waals surface area contributed by atoms with Crippen molar-refractivity contribution in [2.75, 3.05) is 39.8 Å². The first-order chi connectivity index (χ1) is 24.1. The molecule has 5 aliphatic carbocycles. The van der Waals surface area contributed by atoms with Gasteiger partial charge in [0.25, 0.3) is 0 Å². The predicted octanol–water partition coefficient (Wildman–Crippen LogP) is 4.27. The zero-order chi connectivity index (χ0) is 38.5. The minimum absolute atomic E-state index is 0. The fourth-order valence-electron chi connectivity index (χ4n) is 11.7. The highest BCUT2D eigenvalue weighted by Crippen LogP contribution is 2.64. The van der Waals surface area contributed by atoms with Gasteiger partial charge in [0.1, 0.15) is 17.9 Å². The van der Waals surface area contributed by atoms with Gasteiger partial charge in [0.05, 0.1) is 25.3 Å². The van der Waals surface area contributed by atoms with E-state index in [4.69, 9.17) is 15.1 Å². The molecule has 5 aliphatic heterocycles. The highest BCUT2D eigenvalue weighted by Gasteiger charge is 2.68. The van der Waals surface area contributed by atoms with Gasteiger partial charge in [-0.2, -0.15) is 5.26 Å². The van der Waals surface area contributed by atoms with E-state index in [9.17, 15) is 14.4 Å². The molecule has 0 bridgehead atoms. The Balaban J connectivity index is 0.000000128. The maximum Gasteiger partial charge on any atom is 0.323 e. The number of nitrogens with zero attached hydrogens (tertiary/aromatic N) is 2. The third-order valence-electron chi connectivity index (χ3n) is 16.2. The number of esters is 1. The van der Waals surface area contributed by atoms with Crippen molar-refractivity contribution in [3.05, 3.63) is 0 Å². The first-order valence-electron chi connectivity index (χ1n) is 19.7. The number of aliphatic imine (C=N–C) groups is 1. The third kappa shape index (κ3) is 7.13. The van der Waals surface area contributed by atoms with Gasteiger partial charge in [-0.25, -0.2) is 0 Å². The number of hydrogen-bond donors (Lipinski definition) is 5. The van der Waals surface area contributed by atoms with Crippen molar-refractivity contribution in [1.82, 2.24) is 21.3 Å². The van der Waals surface area contributed by atoms with E-state index in [0.717, 1.165) is 56.4 Å². The van der Waals surface area contributed by atoms with Crippen molar-refractivity contribution in [1.29, 1.82) is 5.26 Å². The number of carboxylic acid groups (broad SMARTS) is 1. The number of carbonyl (C=O) groups is 3. The number of ether oxygens (including phenoxy) is 1. The molecule has 10 rings (SSSR count). The number of aliphatic carboxylic acids is 1. The molecule has 0 aromatic carbocycles. The number of Topliss-reactive ketones (excluding diaryl/α,β-unsaturated/α-hetero) is 1. The molecule has 9 fully saturated rings. The number of hydrogen-bond acceptors (Lipinski definition) is 10. The van der Waals surface area contributed by atoms with E-state index in [2.05, 4.69) is 108 Å². The van der Waals surface area contributed by atoms with Crippen molar-refractivity contribution in [2.24, 2.45) is 91.2 Å². The zero-order valence-corrected chi connectivity index (χ0v) is 33.7. The lowest BCUT2D eigenvalue weighted by molar-refractivity contribution is -0.143. The van der Waals surface area contributed by atoms with Gasteiger partial charge < -0.3 is 31.1 Å². The normalized spacial score (nSPS) is 44.4. The zero-order valence-electron chi connectivity index (χ0n) is 33.7. The molecule has 5 saturated carbocycles. The molecule has 4 saturated heterocycles. The lowest BCUT2D eigenvalue weighted by atomic mass is 10.0. The third-order valence-corrected chi connectivity index (χ3v) is 16.2. The first-order valence-corrected chi connectivity index (χ1v) is 19.7. The van der Waals surface area contributed by atoms with Crippen LogP contribution in [0, 0.1) is 97.6 Å². The van der Waals surface area contributed by atoms with Gasteiger partial charge in [0.15, 0.2) is 0 Å². The van der Waals surface area contributed by atoms with Gasteiger partial charge in [-0.05, 0) is 107 Å². The van der Waals surface area contributed by atoms with Crippen LogP contribution >= 0.6 is 0 Å². The van der Waals surface area contributed by atoms with E-state index >= 15 is 0 Å². The number of carboxylic acids is 1.